The molecule has 2 aliphatic rings. The van der Waals surface area contributed by atoms with Gasteiger partial charge in [0.05, 0.1) is 0 Å². The Bertz CT molecular complexity index is 400. The molecule has 2 heteroatoms. The lowest BCUT2D eigenvalue weighted by Crippen LogP contribution is -2.37. The Morgan fingerprint density at radius 2 is 2.17 bits per heavy atom. The fourth-order valence-corrected chi connectivity index (χ4v) is 3.20. The minimum Gasteiger partial charge on any atom is -0.396 e. The molecule has 1 radical (unpaired) electrons. The van der Waals surface area contributed by atoms with Crippen molar-refractivity contribution in [3.8, 4) is 0 Å². The number of aliphatic hydroxyl groups is 1. The molecule has 0 bridgehead atoms. The molecule has 18 heavy (non-hydrogen) atoms. The Labute approximate surface area is 110 Å². The number of aliphatic hydroxyl groups excluding tert-OH is 1. The zero-order valence-electron chi connectivity index (χ0n) is 10.9. The van der Waals surface area contributed by atoms with E-state index < -0.39 is 0 Å². The molecule has 1 aliphatic carbocycles. The first kappa shape index (κ1) is 12.0. The second kappa shape index (κ2) is 5.31. The Morgan fingerprint density at radius 3 is 2.89 bits per heavy atom. The summed E-state index contributed by atoms with van der Waals surface area (Å²) in [6.45, 7) is 2.48. The fourth-order valence-electron chi connectivity index (χ4n) is 3.20. The molecule has 1 saturated carbocycles. The minimum atomic E-state index is 0.328. The van der Waals surface area contributed by atoms with Crippen LogP contribution in [-0.2, 0) is 0 Å². The van der Waals surface area contributed by atoms with Crippen molar-refractivity contribution in [2.45, 2.75) is 38.0 Å². The van der Waals surface area contributed by atoms with Gasteiger partial charge in [0.25, 0.3) is 0 Å². The maximum absolute atomic E-state index is 9.36. The van der Waals surface area contributed by atoms with Crippen LogP contribution in [0.5, 0.6) is 0 Å². The first-order chi connectivity index (χ1) is 8.88. The Morgan fingerprint density at radius 1 is 1.28 bits per heavy atom. The maximum atomic E-state index is 9.36. The second-order valence-electron chi connectivity index (χ2n) is 5.75. The lowest BCUT2D eigenvalue weighted by atomic mass is 9.79. The standard InChI is InChI=1S/C16H22NO/c18-12-13-5-4-10-17(11-13)16-9-2-1-8-15(16)14-6-3-7-14/h2,8-9,13-14,18H,3-7,10-12H2/t13-/m1/s1. The van der Waals surface area contributed by atoms with Crippen LogP contribution in [0.25, 0.3) is 0 Å². The third kappa shape index (κ3) is 2.26. The molecule has 0 spiro atoms. The number of nitrogens with zero attached hydrogens (tertiary/aromatic N) is 1. The summed E-state index contributed by atoms with van der Waals surface area (Å²) in [4.78, 5) is 2.48. The van der Waals surface area contributed by atoms with Gasteiger partial charge in [0, 0.05) is 25.4 Å². The van der Waals surface area contributed by atoms with Gasteiger partial charge < -0.3 is 10.0 Å². The van der Waals surface area contributed by atoms with Gasteiger partial charge in [0.15, 0.2) is 0 Å². The van der Waals surface area contributed by atoms with Crippen molar-refractivity contribution in [1.82, 2.24) is 0 Å². The monoisotopic (exact) mass is 244 g/mol. The van der Waals surface area contributed by atoms with E-state index in [9.17, 15) is 5.11 Å². The van der Waals surface area contributed by atoms with Gasteiger partial charge >= 0.3 is 0 Å². The highest BCUT2D eigenvalue weighted by Crippen LogP contribution is 2.41. The molecule has 2 fully saturated rings. The van der Waals surface area contributed by atoms with Gasteiger partial charge in [-0.3, -0.25) is 0 Å². The molecular formula is C16H22NO. The van der Waals surface area contributed by atoms with Crippen LogP contribution in [0, 0.1) is 12.0 Å². The van der Waals surface area contributed by atoms with E-state index in [0.717, 1.165) is 19.0 Å². The third-order valence-corrected chi connectivity index (χ3v) is 4.53. The first-order valence-electron chi connectivity index (χ1n) is 7.24. The van der Waals surface area contributed by atoms with Crippen LogP contribution in [-0.4, -0.2) is 24.8 Å². The molecule has 1 aromatic carbocycles. The Kier molecular flexibility index (Phi) is 3.55. The molecule has 1 heterocycles. The van der Waals surface area contributed by atoms with E-state index in [0.29, 0.717) is 12.5 Å². The van der Waals surface area contributed by atoms with E-state index in [2.05, 4.69) is 23.1 Å². The van der Waals surface area contributed by atoms with Crippen molar-refractivity contribution in [1.29, 1.82) is 0 Å². The third-order valence-electron chi connectivity index (χ3n) is 4.53. The summed E-state index contributed by atoms with van der Waals surface area (Å²) in [5.74, 6) is 1.21. The first-order valence-corrected chi connectivity index (χ1v) is 7.24. The Hall–Kier alpha value is -1.02. The molecule has 97 valence electrons. The van der Waals surface area contributed by atoms with Gasteiger partial charge in [-0.1, -0.05) is 12.5 Å². The van der Waals surface area contributed by atoms with Gasteiger partial charge in [-0.2, -0.15) is 0 Å². The highest BCUT2D eigenvalue weighted by Gasteiger charge is 2.26. The predicted octanol–water partition coefficient (Wildman–Crippen LogP) is 2.96. The minimum absolute atomic E-state index is 0.328. The number of hydrogen-bond donors (Lipinski definition) is 1. The van der Waals surface area contributed by atoms with Gasteiger partial charge in [-0.15, -0.1) is 0 Å². The maximum Gasteiger partial charge on any atom is 0.0476 e. The molecular weight excluding hydrogens is 222 g/mol. The molecule has 1 atom stereocenters. The summed E-state index contributed by atoms with van der Waals surface area (Å²) in [6, 6.07) is 9.66. The normalized spacial score (nSPS) is 24.9. The van der Waals surface area contributed by atoms with Crippen molar-refractivity contribution < 1.29 is 5.11 Å². The van der Waals surface area contributed by atoms with Crippen molar-refractivity contribution in [2.24, 2.45) is 5.92 Å². The van der Waals surface area contributed by atoms with Gasteiger partial charge in [-0.05, 0) is 61.3 Å². The smallest absolute Gasteiger partial charge is 0.0476 e. The van der Waals surface area contributed by atoms with E-state index in [-0.39, 0.29) is 0 Å². The number of piperidine rings is 1. The summed E-state index contributed by atoms with van der Waals surface area (Å²) in [5.41, 5.74) is 2.89. The van der Waals surface area contributed by atoms with Crippen LogP contribution >= 0.6 is 0 Å². The molecule has 1 aliphatic heterocycles. The zero-order chi connectivity index (χ0) is 12.4. The second-order valence-corrected chi connectivity index (χ2v) is 5.75. The topological polar surface area (TPSA) is 23.5 Å². The van der Waals surface area contributed by atoms with Crippen molar-refractivity contribution in [2.75, 3.05) is 24.6 Å². The largest absolute Gasteiger partial charge is 0.396 e. The SMILES string of the molecule is OC[C@@H]1CCCN(c2cc[c]cc2C2CCC2)C1. The van der Waals surface area contributed by atoms with E-state index in [1.54, 1.807) is 0 Å². The van der Waals surface area contributed by atoms with Gasteiger partial charge in [0.1, 0.15) is 0 Å². The fraction of sp³-hybridized carbons (Fsp3) is 0.625. The summed E-state index contributed by atoms with van der Waals surface area (Å²) in [6.07, 6.45) is 6.42. The van der Waals surface area contributed by atoms with Crippen LogP contribution in [0.3, 0.4) is 0 Å². The van der Waals surface area contributed by atoms with Crippen LogP contribution in [0.4, 0.5) is 5.69 Å². The van der Waals surface area contributed by atoms with E-state index >= 15 is 0 Å². The van der Waals surface area contributed by atoms with Gasteiger partial charge in [-0.25, -0.2) is 0 Å². The van der Waals surface area contributed by atoms with E-state index in [1.165, 1.54) is 43.4 Å². The quantitative estimate of drug-likeness (QED) is 0.883. The summed E-state index contributed by atoms with van der Waals surface area (Å²) >= 11 is 0. The molecule has 0 aromatic heterocycles. The van der Waals surface area contributed by atoms with Crippen LogP contribution < -0.4 is 4.90 Å². The number of benzene rings is 1. The number of rotatable bonds is 3. The summed E-state index contributed by atoms with van der Waals surface area (Å²) < 4.78 is 0. The zero-order valence-corrected chi connectivity index (χ0v) is 10.9. The predicted molar refractivity (Wildman–Crippen MR) is 73.9 cm³/mol. The molecule has 3 rings (SSSR count). The van der Waals surface area contributed by atoms with Crippen LogP contribution in [0.1, 0.15) is 43.6 Å². The van der Waals surface area contributed by atoms with Crippen molar-refractivity contribution in [3.63, 3.8) is 0 Å². The highest BCUT2D eigenvalue weighted by molar-refractivity contribution is 5.55. The van der Waals surface area contributed by atoms with E-state index in [4.69, 9.17) is 0 Å². The lowest BCUT2D eigenvalue weighted by Gasteiger charge is -2.37. The van der Waals surface area contributed by atoms with Crippen molar-refractivity contribution >= 4 is 5.69 Å². The highest BCUT2D eigenvalue weighted by atomic mass is 16.3. The van der Waals surface area contributed by atoms with Crippen molar-refractivity contribution in [3.05, 3.63) is 29.8 Å². The number of hydrogen-bond acceptors (Lipinski definition) is 2. The molecule has 1 N–H and O–H groups in total. The average molecular weight is 244 g/mol. The molecule has 2 nitrogen and oxygen atoms in total. The van der Waals surface area contributed by atoms with E-state index in [1.807, 2.05) is 6.07 Å². The molecule has 0 unspecified atom stereocenters. The van der Waals surface area contributed by atoms with Crippen LogP contribution in [0.2, 0.25) is 0 Å². The Balaban J connectivity index is 1.82. The molecule has 1 saturated heterocycles. The molecule has 0 amide bonds. The summed E-state index contributed by atoms with van der Waals surface area (Å²) in [7, 11) is 0. The number of anilines is 1. The summed E-state index contributed by atoms with van der Waals surface area (Å²) in [5, 5.41) is 9.36. The lowest BCUT2D eigenvalue weighted by molar-refractivity contribution is 0.208. The molecule has 1 aromatic rings. The average Bonchev–Trinajstić information content (AvgIpc) is 2.37. The van der Waals surface area contributed by atoms with Gasteiger partial charge in [0.2, 0.25) is 0 Å². The van der Waals surface area contributed by atoms with Crippen LogP contribution in [0.15, 0.2) is 18.2 Å².